The van der Waals surface area contributed by atoms with Gasteiger partial charge < -0.3 is 5.32 Å². The molecule has 136 valence electrons. The number of anilines is 1. The van der Waals surface area contributed by atoms with E-state index in [0.29, 0.717) is 15.7 Å². The summed E-state index contributed by atoms with van der Waals surface area (Å²) in [6, 6.07) is 3.82. The van der Waals surface area contributed by atoms with Gasteiger partial charge >= 0.3 is 0 Å². The van der Waals surface area contributed by atoms with E-state index in [1.165, 1.54) is 6.07 Å². The van der Waals surface area contributed by atoms with Gasteiger partial charge in [0, 0.05) is 5.02 Å². The Morgan fingerprint density at radius 3 is 2.19 bits per heavy atom. The van der Waals surface area contributed by atoms with Crippen molar-refractivity contribution in [1.82, 2.24) is 4.90 Å². The lowest BCUT2D eigenvalue weighted by atomic mass is 9.63. The van der Waals surface area contributed by atoms with Crippen molar-refractivity contribution < 1.29 is 14.4 Å². The molecule has 4 aliphatic rings. The van der Waals surface area contributed by atoms with Crippen molar-refractivity contribution in [2.24, 2.45) is 23.7 Å². The number of imide groups is 1. The molecule has 1 heterocycles. The number of halogens is 2. The Morgan fingerprint density at radius 2 is 1.69 bits per heavy atom. The number of nitrogens with zero attached hydrogens (tertiary/aromatic N) is 1. The predicted octanol–water partition coefficient (Wildman–Crippen LogP) is 3.52. The van der Waals surface area contributed by atoms with Gasteiger partial charge in [0.2, 0.25) is 17.7 Å². The molecule has 2 fully saturated rings. The van der Waals surface area contributed by atoms with Crippen LogP contribution in [0.2, 0.25) is 10.0 Å². The third kappa shape index (κ3) is 2.65. The molecule has 1 aromatic carbocycles. The van der Waals surface area contributed by atoms with Crippen LogP contribution in [0.4, 0.5) is 5.69 Å². The lowest BCUT2D eigenvalue weighted by Gasteiger charge is -2.38. The summed E-state index contributed by atoms with van der Waals surface area (Å²) in [6.45, 7) is 1.57. The van der Waals surface area contributed by atoms with Crippen LogP contribution in [0.5, 0.6) is 0 Å². The van der Waals surface area contributed by atoms with Crippen LogP contribution in [0.1, 0.15) is 19.8 Å². The van der Waals surface area contributed by atoms with Crippen LogP contribution < -0.4 is 5.32 Å². The highest BCUT2D eigenvalue weighted by atomic mass is 35.5. The summed E-state index contributed by atoms with van der Waals surface area (Å²) < 4.78 is 0. The molecular formula is C19H18Cl2N2O3. The molecule has 26 heavy (non-hydrogen) atoms. The molecule has 0 radical (unpaired) electrons. The zero-order valence-electron chi connectivity index (χ0n) is 14.1. The third-order valence-corrected chi connectivity index (χ3v) is 6.30. The Labute approximate surface area is 161 Å². The van der Waals surface area contributed by atoms with Crippen LogP contribution in [0.25, 0.3) is 0 Å². The fourth-order valence-electron chi connectivity index (χ4n) is 4.42. The first-order valence-corrected chi connectivity index (χ1v) is 9.45. The summed E-state index contributed by atoms with van der Waals surface area (Å²) in [5.41, 5.74) is 0.395. The van der Waals surface area contributed by atoms with E-state index in [-0.39, 0.29) is 35.5 Å². The first kappa shape index (κ1) is 17.6. The lowest BCUT2D eigenvalue weighted by molar-refractivity contribution is -0.146. The number of hydrogen-bond donors (Lipinski definition) is 1. The normalized spacial score (nSPS) is 30.5. The van der Waals surface area contributed by atoms with Crippen LogP contribution in [0.15, 0.2) is 30.4 Å². The second kappa shape index (κ2) is 6.39. The summed E-state index contributed by atoms with van der Waals surface area (Å²) in [7, 11) is 0. The Hall–Kier alpha value is -1.85. The fraction of sp³-hybridized carbons (Fsp3) is 0.421. The molecule has 0 aromatic heterocycles. The maximum absolute atomic E-state index is 12.9. The Bertz CT molecular complexity index is 806. The molecule has 0 unspecified atom stereocenters. The minimum atomic E-state index is -0.897. The molecule has 5 atom stereocenters. The van der Waals surface area contributed by atoms with Crippen molar-refractivity contribution in [3.63, 3.8) is 0 Å². The van der Waals surface area contributed by atoms with Crippen LogP contribution in [0.3, 0.4) is 0 Å². The molecule has 5 rings (SSSR count). The number of rotatable bonds is 3. The molecule has 0 spiro atoms. The van der Waals surface area contributed by atoms with E-state index in [1.54, 1.807) is 19.1 Å². The molecule has 7 heteroatoms. The van der Waals surface area contributed by atoms with Gasteiger partial charge in [0.05, 0.1) is 22.5 Å². The van der Waals surface area contributed by atoms with Gasteiger partial charge in [-0.2, -0.15) is 0 Å². The molecule has 2 bridgehead atoms. The molecular weight excluding hydrogens is 375 g/mol. The minimum absolute atomic E-state index is 0.104. The van der Waals surface area contributed by atoms with Crippen molar-refractivity contribution >= 4 is 46.6 Å². The number of carbonyl (C=O) groups excluding carboxylic acids is 3. The standard InChI is InChI=1S/C19H18Cl2N2O3/c1-9(17(24)22-14-7-6-12(20)8-13(14)21)23-18(25)15-10-2-3-11(5-4-10)16(15)19(23)26/h2-3,6-11,15-16H,4-5H2,1H3,(H,22,24)/t9-,10-,11-,15-,16+/m0/s1. The molecule has 1 saturated carbocycles. The van der Waals surface area contributed by atoms with E-state index in [2.05, 4.69) is 17.5 Å². The van der Waals surface area contributed by atoms with Gasteiger partial charge in [0.1, 0.15) is 6.04 Å². The third-order valence-electron chi connectivity index (χ3n) is 5.75. The van der Waals surface area contributed by atoms with Crippen molar-refractivity contribution in [3.05, 3.63) is 40.4 Å². The van der Waals surface area contributed by atoms with Gasteiger partial charge in [-0.15, -0.1) is 0 Å². The largest absolute Gasteiger partial charge is 0.323 e. The monoisotopic (exact) mass is 392 g/mol. The summed E-state index contributed by atoms with van der Waals surface area (Å²) in [5, 5.41) is 3.44. The van der Waals surface area contributed by atoms with E-state index >= 15 is 0 Å². The highest BCUT2D eigenvalue weighted by Crippen LogP contribution is 2.50. The van der Waals surface area contributed by atoms with Gasteiger partial charge in [-0.1, -0.05) is 35.4 Å². The Morgan fingerprint density at radius 1 is 1.12 bits per heavy atom. The second-order valence-corrected chi connectivity index (χ2v) is 8.02. The number of hydrogen-bond acceptors (Lipinski definition) is 3. The Kier molecular flexibility index (Phi) is 4.32. The zero-order chi connectivity index (χ0) is 18.6. The maximum Gasteiger partial charge on any atom is 0.247 e. The SMILES string of the molecule is C[C@@H](C(=O)Nc1ccc(Cl)cc1Cl)N1C(=O)[C@@H]2[C@H](C1=O)[C@H]1C=C[C@H]2CC1. The first-order valence-electron chi connectivity index (χ1n) is 8.69. The first-order chi connectivity index (χ1) is 12.4. The molecule has 3 aliphatic carbocycles. The topological polar surface area (TPSA) is 66.5 Å². The van der Waals surface area contributed by atoms with Crippen LogP contribution in [-0.2, 0) is 14.4 Å². The molecule has 1 aliphatic heterocycles. The molecule has 3 amide bonds. The lowest BCUT2D eigenvalue weighted by Crippen LogP contribution is -2.46. The van der Waals surface area contributed by atoms with Crippen molar-refractivity contribution in [2.75, 3.05) is 5.32 Å². The predicted molar refractivity (Wildman–Crippen MR) is 98.7 cm³/mol. The number of fused-ring (bicyclic) bond motifs is 1. The zero-order valence-corrected chi connectivity index (χ0v) is 15.6. The fourth-order valence-corrected chi connectivity index (χ4v) is 4.88. The molecule has 1 N–H and O–H groups in total. The van der Waals surface area contributed by atoms with Gasteiger partial charge in [0.25, 0.3) is 0 Å². The van der Waals surface area contributed by atoms with E-state index in [4.69, 9.17) is 23.2 Å². The van der Waals surface area contributed by atoms with Gasteiger partial charge in [0.15, 0.2) is 0 Å². The van der Waals surface area contributed by atoms with Crippen LogP contribution >= 0.6 is 23.2 Å². The number of carbonyl (C=O) groups is 3. The summed E-state index contributed by atoms with van der Waals surface area (Å²) in [4.78, 5) is 39.6. The van der Waals surface area contributed by atoms with Gasteiger partial charge in [-0.3, -0.25) is 19.3 Å². The number of allylic oxidation sites excluding steroid dienone is 2. The maximum atomic E-state index is 12.9. The van der Waals surface area contributed by atoms with E-state index in [1.807, 2.05) is 0 Å². The number of amides is 3. The molecule has 5 nitrogen and oxygen atoms in total. The van der Waals surface area contributed by atoms with Gasteiger partial charge in [-0.25, -0.2) is 0 Å². The van der Waals surface area contributed by atoms with Gasteiger partial charge in [-0.05, 0) is 49.8 Å². The molecule has 1 saturated heterocycles. The van der Waals surface area contributed by atoms with Crippen molar-refractivity contribution in [2.45, 2.75) is 25.8 Å². The van der Waals surface area contributed by atoms with Crippen molar-refractivity contribution in [1.29, 1.82) is 0 Å². The quantitative estimate of drug-likeness (QED) is 0.631. The summed E-state index contributed by atoms with van der Waals surface area (Å²) in [5.74, 6) is -1.34. The molecule has 1 aromatic rings. The average Bonchev–Trinajstić information content (AvgIpc) is 2.91. The smallest absolute Gasteiger partial charge is 0.247 e. The van der Waals surface area contributed by atoms with E-state index < -0.39 is 11.9 Å². The number of nitrogens with one attached hydrogen (secondary N) is 1. The summed E-state index contributed by atoms with van der Waals surface area (Å²) in [6.07, 6.45) is 5.97. The summed E-state index contributed by atoms with van der Waals surface area (Å²) >= 11 is 11.9. The minimum Gasteiger partial charge on any atom is -0.323 e. The van der Waals surface area contributed by atoms with Crippen LogP contribution in [0, 0.1) is 23.7 Å². The highest BCUT2D eigenvalue weighted by molar-refractivity contribution is 6.36. The number of likely N-dealkylation sites (tertiary alicyclic amines) is 1. The van der Waals surface area contributed by atoms with Crippen LogP contribution in [-0.4, -0.2) is 28.7 Å². The second-order valence-electron chi connectivity index (χ2n) is 7.18. The van der Waals surface area contributed by atoms with Crippen molar-refractivity contribution in [3.8, 4) is 0 Å². The number of benzene rings is 1. The highest BCUT2D eigenvalue weighted by Gasteiger charge is 2.58. The van der Waals surface area contributed by atoms with E-state index in [9.17, 15) is 14.4 Å². The van der Waals surface area contributed by atoms with E-state index in [0.717, 1.165) is 17.7 Å². The Balaban J connectivity index is 1.54. The average molecular weight is 393 g/mol.